The van der Waals surface area contributed by atoms with E-state index in [9.17, 15) is 9.59 Å². The molecule has 1 aromatic rings. The van der Waals surface area contributed by atoms with Gasteiger partial charge in [0.05, 0.1) is 7.11 Å². The first-order valence-electron chi connectivity index (χ1n) is 7.21. The molecule has 0 atom stereocenters. The van der Waals surface area contributed by atoms with Gasteiger partial charge in [0.25, 0.3) is 5.91 Å². The van der Waals surface area contributed by atoms with Crippen molar-refractivity contribution in [2.75, 3.05) is 20.2 Å². The summed E-state index contributed by atoms with van der Waals surface area (Å²) in [5, 5.41) is 2.86. The van der Waals surface area contributed by atoms with Gasteiger partial charge in [-0.05, 0) is 25.5 Å². The Morgan fingerprint density at radius 1 is 1.29 bits per heavy atom. The molecule has 1 rings (SSSR count). The number of nitrogens with one attached hydrogen (secondary N) is 1. The molecule has 0 saturated heterocycles. The summed E-state index contributed by atoms with van der Waals surface area (Å²) in [6, 6.07) is 3.37. The van der Waals surface area contributed by atoms with Crippen LogP contribution in [0.5, 0.6) is 0 Å². The highest BCUT2D eigenvalue weighted by molar-refractivity contribution is 5.88. The number of nitrogens with two attached hydrogens (primary N) is 1. The molecule has 0 radical (unpaired) electrons. The molecule has 0 saturated carbocycles. The monoisotopic (exact) mass is 294 g/mol. The largest absolute Gasteiger partial charge is 0.465 e. The molecule has 0 spiro atoms. The lowest BCUT2D eigenvalue weighted by molar-refractivity contribution is -0.684. The molecule has 0 aliphatic carbocycles. The summed E-state index contributed by atoms with van der Waals surface area (Å²) in [6.45, 7) is 1.58. The minimum Gasteiger partial charge on any atom is -0.465 e. The van der Waals surface area contributed by atoms with Crippen LogP contribution < -0.4 is 15.6 Å². The van der Waals surface area contributed by atoms with Crippen molar-refractivity contribution in [1.29, 1.82) is 0 Å². The van der Waals surface area contributed by atoms with Crippen LogP contribution in [0, 0.1) is 0 Å². The minimum atomic E-state index is -0.412. The Kier molecular flexibility index (Phi) is 8.04. The number of ether oxygens (including phenoxy) is 1. The number of hydrogen-bond donors (Lipinski definition) is 2. The molecule has 0 aliphatic rings. The average molecular weight is 294 g/mol. The van der Waals surface area contributed by atoms with Gasteiger partial charge in [-0.25, -0.2) is 4.79 Å². The van der Waals surface area contributed by atoms with Crippen LogP contribution in [-0.2, 0) is 16.1 Å². The minimum absolute atomic E-state index is 0.0687. The van der Waals surface area contributed by atoms with Gasteiger partial charge < -0.3 is 15.8 Å². The van der Waals surface area contributed by atoms with Crippen molar-refractivity contribution in [3.05, 3.63) is 30.1 Å². The van der Waals surface area contributed by atoms with Crippen molar-refractivity contribution in [2.24, 2.45) is 5.73 Å². The fourth-order valence-corrected chi connectivity index (χ4v) is 1.93. The molecule has 0 aliphatic heterocycles. The number of aromatic nitrogens is 1. The van der Waals surface area contributed by atoms with E-state index in [4.69, 9.17) is 5.73 Å². The highest BCUT2D eigenvalue weighted by Crippen LogP contribution is 1.97. The number of carbonyl (C=O) groups is 2. The predicted octanol–water partition coefficient (Wildman–Crippen LogP) is 0.396. The quantitative estimate of drug-likeness (QED) is 0.392. The number of hydrogen-bond acceptors (Lipinski definition) is 4. The van der Waals surface area contributed by atoms with E-state index in [0.717, 1.165) is 32.2 Å². The summed E-state index contributed by atoms with van der Waals surface area (Å²) in [5.74, 6) is -0.481. The smallest absolute Gasteiger partial charge is 0.343 e. The maximum atomic E-state index is 11.8. The normalized spacial score (nSPS) is 10.2. The van der Waals surface area contributed by atoms with Gasteiger partial charge in [-0.15, -0.1) is 0 Å². The molecule has 116 valence electrons. The molecule has 0 unspecified atom stereocenters. The fraction of sp³-hybridized carbons (Fsp3) is 0.533. The van der Waals surface area contributed by atoms with Crippen LogP contribution in [0.2, 0.25) is 0 Å². The Balaban J connectivity index is 2.32. The Labute approximate surface area is 125 Å². The van der Waals surface area contributed by atoms with E-state index in [0.29, 0.717) is 12.1 Å². The van der Waals surface area contributed by atoms with Gasteiger partial charge in [0.1, 0.15) is 5.56 Å². The number of carbonyl (C=O) groups excluding carboxylic acids is 2. The number of pyridine rings is 1. The van der Waals surface area contributed by atoms with Gasteiger partial charge in [0.2, 0.25) is 6.54 Å². The second-order valence-corrected chi connectivity index (χ2v) is 4.81. The molecule has 1 heterocycles. The van der Waals surface area contributed by atoms with E-state index in [2.05, 4.69) is 10.1 Å². The lowest BCUT2D eigenvalue weighted by Crippen LogP contribution is -2.43. The van der Waals surface area contributed by atoms with Crippen molar-refractivity contribution < 1.29 is 18.9 Å². The van der Waals surface area contributed by atoms with Gasteiger partial charge in [-0.2, -0.15) is 4.57 Å². The zero-order valence-corrected chi connectivity index (χ0v) is 12.5. The second-order valence-electron chi connectivity index (χ2n) is 4.81. The van der Waals surface area contributed by atoms with E-state index in [1.165, 1.54) is 7.11 Å². The first kappa shape index (κ1) is 17.1. The van der Waals surface area contributed by atoms with Gasteiger partial charge in [-0.3, -0.25) is 4.79 Å². The summed E-state index contributed by atoms with van der Waals surface area (Å²) in [4.78, 5) is 23.2. The molecule has 6 nitrogen and oxygen atoms in total. The second kappa shape index (κ2) is 9.88. The summed E-state index contributed by atoms with van der Waals surface area (Å²) in [7, 11) is 1.33. The summed E-state index contributed by atoms with van der Waals surface area (Å²) in [6.07, 6.45) is 7.51. The average Bonchev–Trinajstić information content (AvgIpc) is 2.50. The van der Waals surface area contributed by atoms with Crippen LogP contribution >= 0.6 is 0 Å². The van der Waals surface area contributed by atoms with Crippen LogP contribution in [0.15, 0.2) is 24.5 Å². The van der Waals surface area contributed by atoms with E-state index >= 15 is 0 Å². The molecule has 6 heteroatoms. The van der Waals surface area contributed by atoms with Crippen LogP contribution in [0.25, 0.3) is 0 Å². The summed E-state index contributed by atoms with van der Waals surface area (Å²) in [5.41, 5.74) is 5.84. The van der Waals surface area contributed by atoms with Crippen molar-refractivity contribution in [2.45, 2.75) is 32.2 Å². The van der Waals surface area contributed by atoms with E-state index in [1.807, 2.05) is 0 Å². The van der Waals surface area contributed by atoms with E-state index in [1.54, 1.807) is 29.1 Å². The Hall–Kier alpha value is -1.95. The Morgan fingerprint density at radius 2 is 2.05 bits per heavy atom. The zero-order valence-electron chi connectivity index (χ0n) is 12.5. The highest BCUT2D eigenvalue weighted by Gasteiger charge is 2.13. The van der Waals surface area contributed by atoms with Crippen molar-refractivity contribution in [3.8, 4) is 0 Å². The number of rotatable bonds is 9. The van der Waals surface area contributed by atoms with Crippen molar-refractivity contribution >= 4 is 11.9 Å². The SMILES string of the molecule is COC(=O)c1ccc[n+](CC(=O)NCCCCCCN)c1. The van der Waals surface area contributed by atoms with Crippen LogP contribution in [0.1, 0.15) is 36.0 Å². The number of esters is 1. The topological polar surface area (TPSA) is 85.3 Å². The summed E-state index contributed by atoms with van der Waals surface area (Å²) < 4.78 is 6.31. The lowest BCUT2D eigenvalue weighted by atomic mass is 10.2. The van der Waals surface area contributed by atoms with Gasteiger partial charge in [-0.1, -0.05) is 12.8 Å². The fourth-order valence-electron chi connectivity index (χ4n) is 1.93. The number of methoxy groups -OCH3 is 1. The van der Waals surface area contributed by atoms with Crippen molar-refractivity contribution in [1.82, 2.24) is 5.32 Å². The molecule has 1 aromatic heterocycles. The molecule has 0 aromatic carbocycles. The molecular formula is C15H24N3O3+. The van der Waals surface area contributed by atoms with Crippen LogP contribution in [-0.4, -0.2) is 32.1 Å². The van der Waals surface area contributed by atoms with Crippen LogP contribution in [0.4, 0.5) is 0 Å². The Bertz CT molecular complexity index is 463. The maximum absolute atomic E-state index is 11.8. The van der Waals surface area contributed by atoms with Gasteiger partial charge >= 0.3 is 5.97 Å². The third-order valence-corrected chi connectivity index (χ3v) is 3.06. The first-order valence-corrected chi connectivity index (χ1v) is 7.21. The number of nitrogens with zero attached hydrogens (tertiary/aromatic N) is 1. The third-order valence-electron chi connectivity index (χ3n) is 3.06. The van der Waals surface area contributed by atoms with Crippen molar-refractivity contribution in [3.63, 3.8) is 0 Å². The maximum Gasteiger partial charge on any atom is 0.343 e. The molecule has 1 amide bonds. The van der Waals surface area contributed by atoms with E-state index in [-0.39, 0.29) is 12.5 Å². The molecule has 3 N–H and O–H groups in total. The van der Waals surface area contributed by atoms with Gasteiger partial charge in [0.15, 0.2) is 12.4 Å². The van der Waals surface area contributed by atoms with E-state index < -0.39 is 5.97 Å². The molecule has 21 heavy (non-hydrogen) atoms. The zero-order chi connectivity index (χ0) is 15.5. The first-order chi connectivity index (χ1) is 10.2. The number of unbranched alkanes of at least 4 members (excludes halogenated alkanes) is 3. The molecule has 0 fully saturated rings. The molecule has 0 bridgehead atoms. The number of amides is 1. The predicted molar refractivity (Wildman–Crippen MR) is 78.5 cm³/mol. The lowest BCUT2D eigenvalue weighted by Gasteiger charge is -2.03. The molecular weight excluding hydrogens is 270 g/mol. The van der Waals surface area contributed by atoms with Crippen LogP contribution in [0.3, 0.4) is 0 Å². The highest BCUT2D eigenvalue weighted by atomic mass is 16.5. The Morgan fingerprint density at radius 3 is 2.76 bits per heavy atom. The van der Waals surface area contributed by atoms with Gasteiger partial charge in [0, 0.05) is 12.6 Å². The summed E-state index contributed by atoms with van der Waals surface area (Å²) >= 11 is 0. The third kappa shape index (κ3) is 6.85. The standard InChI is InChI=1S/C15H23N3O3/c1-21-15(20)13-7-6-10-18(11-13)12-14(19)17-9-5-3-2-4-8-16/h6-7,10-11H,2-5,8-9,12,16H2,1H3/p+1.